The second-order valence-electron chi connectivity index (χ2n) is 6.47. The lowest BCUT2D eigenvalue weighted by Gasteiger charge is -2.11. The first kappa shape index (κ1) is 18.9. The minimum absolute atomic E-state index is 0.146. The highest BCUT2D eigenvalue weighted by Crippen LogP contribution is 2.25. The number of benzene rings is 2. The summed E-state index contributed by atoms with van der Waals surface area (Å²) in [6.07, 6.45) is 0. The largest absolute Gasteiger partial charge is 0.338 e. The molecule has 0 saturated carbocycles. The number of aromatic nitrogens is 4. The topological polar surface area (TPSA) is 113 Å². The number of fused-ring (bicyclic) bond motifs is 3. The number of carbonyl (C=O) groups is 2. The third kappa shape index (κ3) is 4.19. The lowest BCUT2D eigenvalue weighted by Crippen LogP contribution is -2.22. The molecule has 0 aliphatic heterocycles. The van der Waals surface area contributed by atoms with Gasteiger partial charge in [0.15, 0.2) is 5.65 Å². The van der Waals surface area contributed by atoms with Crippen LogP contribution in [-0.2, 0) is 9.59 Å². The molecule has 4 aromatic rings. The molecule has 0 aliphatic rings. The van der Waals surface area contributed by atoms with Crippen LogP contribution in [0.1, 0.15) is 13.8 Å². The van der Waals surface area contributed by atoms with Gasteiger partial charge in [-0.3, -0.25) is 9.59 Å². The average molecular weight is 406 g/mol. The summed E-state index contributed by atoms with van der Waals surface area (Å²) in [5.74, 6) is -0.324. The maximum absolute atomic E-state index is 12.5. The molecule has 1 atom stereocenters. The van der Waals surface area contributed by atoms with Crippen LogP contribution in [0.4, 0.5) is 11.4 Å². The summed E-state index contributed by atoms with van der Waals surface area (Å²) in [5, 5.41) is 14.9. The van der Waals surface area contributed by atoms with Gasteiger partial charge in [0.25, 0.3) is 0 Å². The Morgan fingerprint density at radius 3 is 2.41 bits per heavy atom. The van der Waals surface area contributed by atoms with Crippen LogP contribution in [-0.4, -0.2) is 37.2 Å². The predicted molar refractivity (Wildman–Crippen MR) is 114 cm³/mol. The van der Waals surface area contributed by atoms with Gasteiger partial charge in [-0.15, -0.1) is 10.2 Å². The zero-order chi connectivity index (χ0) is 20.4. The summed E-state index contributed by atoms with van der Waals surface area (Å²) < 4.78 is 0. The highest BCUT2D eigenvalue weighted by Gasteiger charge is 2.18. The van der Waals surface area contributed by atoms with E-state index in [4.69, 9.17) is 0 Å². The molecular weight excluding hydrogens is 388 g/mol. The lowest BCUT2D eigenvalue weighted by molar-refractivity contribution is -0.115. The van der Waals surface area contributed by atoms with E-state index in [1.807, 2.05) is 24.3 Å². The van der Waals surface area contributed by atoms with Crippen molar-refractivity contribution in [2.75, 3.05) is 10.6 Å². The summed E-state index contributed by atoms with van der Waals surface area (Å²) in [6, 6.07) is 14.7. The molecule has 4 rings (SSSR count). The van der Waals surface area contributed by atoms with E-state index in [2.05, 4.69) is 30.8 Å². The van der Waals surface area contributed by atoms with Gasteiger partial charge in [-0.2, -0.15) is 0 Å². The van der Waals surface area contributed by atoms with E-state index in [1.54, 1.807) is 31.2 Å². The number of carbonyl (C=O) groups excluding carboxylic acids is 2. The Bertz CT molecular complexity index is 1200. The molecule has 2 heterocycles. The minimum Gasteiger partial charge on any atom is -0.338 e. The van der Waals surface area contributed by atoms with Crippen molar-refractivity contribution in [3.8, 4) is 0 Å². The van der Waals surface area contributed by atoms with Crippen molar-refractivity contribution in [1.29, 1.82) is 0 Å². The van der Waals surface area contributed by atoms with Gasteiger partial charge < -0.3 is 15.6 Å². The number of nitrogens with one attached hydrogen (secondary N) is 3. The average Bonchev–Trinajstić information content (AvgIpc) is 3.06. The first-order chi connectivity index (χ1) is 14.0. The van der Waals surface area contributed by atoms with E-state index in [1.165, 1.54) is 18.7 Å². The maximum atomic E-state index is 12.5. The van der Waals surface area contributed by atoms with Gasteiger partial charge in [0.2, 0.25) is 17.0 Å². The van der Waals surface area contributed by atoms with Gasteiger partial charge in [0.1, 0.15) is 5.52 Å². The van der Waals surface area contributed by atoms with Crippen molar-refractivity contribution < 1.29 is 9.59 Å². The van der Waals surface area contributed by atoms with E-state index < -0.39 is 5.25 Å². The number of hydrogen-bond donors (Lipinski definition) is 3. The minimum atomic E-state index is -0.423. The summed E-state index contributed by atoms with van der Waals surface area (Å²) in [5.41, 5.74) is 3.61. The van der Waals surface area contributed by atoms with Crippen molar-refractivity contribution in [1.82, 2.24) is 20.2 Å². The number of H-pyrrole nitrogens is 1. The van der Waals surface area contributed by atoms with Crippen molar-refractivity contribution in [3.05, 3.63) is 48.5 Å². The third-order valence-corrected chi connectivity index (χ3v) is 5.18. The summed E-state index contributed by atoms with van der Waals surface area (Å²) in [7, 11) is 0. The monoisotopic (exact) mass is 406 g/mol. The van der Waals surface area contributed by atoms with Crippen molar-refractivity contribution in [3.63, 3.8) is 0 Å². The standard InChI is InChI=1S/C20H18N6O2S/c1-11(19(28)22-14-9-7-13(8-10-14)21-12(2)27)29-20-24-18-17(25-26-20)15-5-3-4-6-16(15)23-18/h3-11H,1-2H3,(H,21,27)(H,22,28)(H,23,24,26). The Hall–Kier alpha value is -3.46. The Morgan fingerprint density at radius 2 is 1.69 bits per heavy atom. The first-order valence-corrected chi connectivity index (χ1v) is 9.84. The van der Waals surface area contributed by atoms with Crippen LogP contribution in [0.5, 0.6) is 0 Å². The molecule has 0 saturated heterocycles. The highest BCUT2D eigenvalue weighted by atomic mass is 32.2. The van der Waals surface area contributed by atoms with Crippen LogP contribution in [0, 0.1) is 0 Å². The van der Waals surface area contributed by atoms with Gasteiger partial charge in [0, 0.05) is 29.2 Å². The number of nitrogens with zero attached hydrogens (tertiary/aromatic N) is 3. The molecule has 0 bridgehead atoms. The maximum Gasteiger partial charge on any atom is 0.237 e. The van der Waals surface area contributed by atoms with Crippen LogP contribution in [0.25, 0.3) is 22.1 Å². The molecule has 2 aromatic heterocycles. The Kier molecular flexibility index (Phi) is 5.13. The van der Waals surface area contributed by atoms with Crippen LogP contribution < -0.4 is 10.6 Å². The molecule has 3 N–H and O–H groups in total. The van der Waals surface area contributed by atoms with Crippen molar-refractivity contribution in [2.24, 2.45) is 0 Å². The molecule has 29 heavy (non-hydrogen) atoms. The third-order valence-electron chi connectivity index (χ3n) is 4.23. The van der Waals surface area contributed by atoms with E-state index in [0.29, 0.717) is 27.7 Å². The molecule has 0 aliphatic carbocycles. The molecule has 9 heteroatoms. The van der Waals surface area contributed by atoms with Crippen LogP contribution in [0.3, 0.4) is 0 Å². The Labute approximate surface area is 170 Å². The fourth-order valence-corrected chi connectivity index (χ4v) is 3.57. The van der Waals surface area contributed by atoms with Crippen LogP contribution in [0.15, 0.2) is 53.7 Å². The zero-order valence-corrected chi connectivity index (χ0v) is 16.6. The van der Waals surface area contributed by atoms with Gasteiger partial charge in [-0.05, 0) is 37.3 Å². The number of aromatic amines is 1. The van der Waals surface area contributed by atoms with E-state index in [-0.39, 0.29) is 11.8 Å². The fraction of sp³-hybridized carbons (Fsp3) is 0.150. The van der Waals surface area contributed by atoms with Gasteiger partial charge in [-0.1, -0.05) is 30.0 Å². The molecule has 0 spiro atoms. The molecule has 2 amide bonds. The molecule has 8 nitrogen and oxygen atoms in total. The first-order valence-electron chi connectivity index (χ1n) is 8.96. The highest BCUT2D eigenvalue weighted by molar-refractivity contribution is 8.00. The smallest absolute Gasteiger partial charge is 0.237 e. The molecule has 0 radical (unpaired) electrons. The van der Waals surface area contributed by atoms with E-state index >= 15 is 0 Å². The molecule has 2 aromatic carbocycles. The second kappa shape index (κ2) is 7.88. The van der Waals surface area contributed by atoms with Crippen LogP contribution >= 0.6 is 11.8 Å². The number of amides is 2. The number of rotatable bonds is 5. The van der Waals surface area contributed by atoms with Crippen molar-refractivity contribution in [2.45, 2.75) is 24.3 Å². The van der Waals surface area contributed by atoms with E-state index in [9.17, 15) is 9.59 Å². The second-order valence-corrected chi connectivity index (χ2v) is 7.78. The van der Waals surface area contributed by atoms with Gasteiger partial charge >= 0.3 is 0 Å². The zero-order valence-electron chi connectivity index (χ0n) is 15.8. The summed E-state index contributed by atoms with van der Waals surface area (Å²) in [6.45, 7) is 3.23. The molecule has 1 unspecified atom stereocenters. The summed E-state index contributed by atoms with van der Waals surface area (Å²) in [4.78, 5) is 31.3. The Morgan fingerprint density at radius 1 is 1.00 bits per heavy atom. The molecular formula is C20H18N6O2S. The lowest BCUT2D eigenvalue weighted by atomic mass is 10.2. The number of hydrogen-bond acceptors (Lipinski definition) is 6. The van der Waals surface area contributed by atoms with Gasteiger partial charge in [-0.25, -0.2) is 4.98 Å². The van der Waals surface area contributed by atoms with Crippen LogP contribution in [0.2, 0.25) is 0 Å². The fourth-order valence-electron chi connectivity index (χ4n) is 2.85. The predicted octanol–water partition coefficient (Wildman–Crippen LogP) is 3.58. The SMILES string of the molecule is CC(=O)Nc1ccc(NC(=O)C(C)Sc2nnc3c(n2)[nH]c2ccccc23)cc1. The number of anilines is 2. The Balaban J connectivity index is 1.44. The van der Waals surface area contributed by atoms with E-state index in [0.717, 1.165) is 10.9 Å². The molecule has 0 fully saturated rings. The summed E-state index contributed by atoms with van der Waals surface area (Å²) >= 11 is 1.23. The number of thioether (sulfide) groups is 1. The van der Waals surface area contributed by atoms with Crippen molar-refractivity contribution >= 4 is 57.0 Å². The quantitative estimate of drug-likeness (QED) is 0.437. The normalized spacial score (nSPS) is 12.1. The molecule has 146 valence electrons. The van der Waals surface area contributed by atoms with Gasteiger partial charge in [0.05, 0.1) is 5.25 Å². The number of para-hydroxylation sites is 1.